The fourth-order valence-corrected chi connectivity index (χ4v) is 4.56. The van der Waals surface area contributed by atoms with Crippen LogP contribution in [0.25, 0.3) is 5.76 Å². The highest BCUT2D eigenvalue weighted by Gasteiger charge is 2.47. The van der Waals surface area contributed by atoms with Gasteiger partial charge in [0, 0.05) is 16.6 Å². The highest BCUT2D eigenvalue weighted by atomic mass is 32.1. The van der Waals surface area contributed by atoms with Crippen LogP contribution in [0.2, 0.25) is 0 Å². The molecule has 1 unspecified atom stereocenters. The second kappa shape index (κ2) is 7.64. The summed E-state index contributed by atoms with van der Waals surface area (Å²) in [7, 11) is 0. The van der Waals surface area contributed by atoms with Gasteiger partial charge in [0.15, 0.2) is 0 Å². The molecule has 1 amide bonds. The van der Waals surface area contributed by atoms with Crippen LogP contribution in [-0.2, 0) is 16.1 Å². The zero-order valence-electron chi connectivity index (χ0n) is 16.1. The molecule has 29 heavy (non-hydrogen) atoms. The van der Waals surface area contributed by atoms with Crippen molar-refractivity contribution in [3.05, 3.63) is 92.9 Å². The molecule has 0 spiro atoms. The summed E-state index contributed by atoms with van der Waals surface area (Å²) in [5, 5.41) is 12.9. The molecule has 1 aromatic carbocycles. The molecule has 1 fully saturated rings. The molecule has 1 N–H and O–H groups in total. The van der Waals surface area contributed by atoms with Gasteiger partial charge in [-0.25, -0.2) is 0 Å². The lowest BCUT2D eigenvalue weighted by molar-refractivity contribution is -0.140. The molecular weight excluding hydrogens is 384 g/mol. The van der Waals surface area contributed by atoms with Crippen molar-refractivity contribution < 1.29 is 14.7 Å². The summed E-state index contributed by atoms with van der Waals surface area (Å²) in [6.45, 7) is 4.08. The first kappa shape index (κ1) is 19.1. The first-order chi connectivity index (χ1) is 14.0. The quantitative estimate of drug-likeness (QED) is 0.398. The Morgan fingerprint density at radius 3 is 2.48 bits per heavy atom. The molecule has 146 valence electrons. The monoisotopic (exact) mass is 404 g/mol. The Kier molecular flexibility index (Phi) is 5.03. The number of likely N-dealkylation sites (tertiary alicyclic amines) is 1. The molecule has 5 nitrogen and oxygen atoms in total. The topological polar surface area (TPSA) is 70.5 Å². The lowest BCUT2D eigenvalue weighted by Crippen LogP contribution is -2.29. The molecule has 1 aliphatic heterocycles. The number of Topliss-reactive ketones (excluding diaryl/α,β-unsaturated/α-hetero) is 1. The fourth-order valence-electron chi connectivity index (χ4n) is 3.51. The van der Waals surface area contributed by atoms with E-state index in [1.54, 1.807) is 24.4 Å². The van der Waals surface area contributed by atoms with Gasteiger partial charge in [0.25, 0.3) is 11.7 Å². The number of hydrogen-bond acceptors (Lipinski definition) is 5. The summed E-state index contributed by atoms with van der Waals surface area (Å²) in [5.41, 5.74) is 3.35. The third-order valence-electron chi connectivity index (χ3n) is 5.07. The van der Waals surface area contributed by atoms with Crippen LogP contribution >= 0.6 is 11.3 Å². The second-order valence-electron chi connectivity index (χ2n) is 7.08. The minimum atomic E-state index is -0.670. The summed E-state index contributed by atoms with van der Waals surface area (Å²) >= 11 is 1.47. The second-order valence-corrected chi connectivity index (χ2v) is 8.03. The van der Waals surface area contributed by atoms with Gasteiger partial charge in [-0.3, -0.25) is 14.6 Å². The van der Waals surface area contributed by atoms with E-state index in [9.17, 15) is 14.7 Å². The highest BCUT2D eigenvalue weighted by molar-refractivity contribution is 7.10. The number of aryl methyl sites for hydroxylation is 2. The maximum absolute atomic E-state index is 13.0. The van der Waals surface area contributed by atoms with Gasteiger partial charge < -0.3 is 10.0 Å². The summed E-state index contributed by atoms with van der Waals surface area (Å²) in [4.78, 5) is 32.6. The van der Waals surface area contributed by atoms with Crippen molar-refractivity contribution in [2.75, 3.05) is 0 Å². The Morgan fingerprint density at radius 2 is 1.86 bits per heavy atom. The third-order valence-corrected chi connectivity index (χ3v) is 6.14. The van der Waals surface area contributed by atoms with Gasteiger partial charge in [0.1, 0.15) is 11.8 Å². The molecule has 0 radical (unpaired) electrons. The number of carbonyl (C=O) groups is 2. The van der Waals surface area contributed by atoms with Crippen molar-refractivity contribution in [2.45, 2.75) is 26.4 Å². The van der Waals surface area contributed by atoms with E-state index in [1.165, 1.54) is 16.2 Å². The summed E-state index contributed by atoms with van der Waals surface area (Å²) in [6.07, 6.45) is 1.66. The van der Waals surface area contributed by atoms with Gasteiger partial charge >= 0.3 is 0 Å². The molecule has 6 heteroatoms. The highest BCUT2D eigenvalue weighted by Crippen LogP contribution is 2.43. The zero-order chi connectivity index (χ0) is 20.5. The Hall–Kier alpha value is -3.25. The van der Waals surface area contributed by atoms with Crippen LogP contribution in [0.5, 0.6) is 0 Å². The number of carbonyl (C=O) groups excluding carboxylic acids is 2. The molecule has 4 rings (SSSR count). The van der Waals surface area contributed by atoms with E-state index in [1.807, 2.05) is 49.6 Å². The normalized spacial score (nSPS) is 18.4. The average molecular weight is 404 g/mol. The summed E-state index contributed by atoms with van der Waals surface area (Å²) in [5.74, 6) is -1.44. The van der Waals surface area contributed by atoms with Crippen LogP contribution in [-0.4, -0.2) is 26.7 Å². The Balaban J connectivity index is 1.86. The van der Waals surface area contributed by atoms with E-state index in [0.717, 1.165) is 16.0 Å². The number of aliphatic hydroxyl groups is 1. The van der Waals surface area contributed by atoms with E-state index < -0.39 is 17.7 Å². The molecule has 0 bridgehead atoms. The molecule has 0 saturated carbocycles. The molecule has 3 heterocycles. The number of aliphatic hydroxyl groups excluding tert-OH is 1. The van der Waals surface area contributed by atoms with Crippen LogP contribution in [0.15, 0.2) is 65.7 Å². The summed E-state index contributed by atoms with van der Waals surface area (Å²) < 4.78 is 0. The number of pyridine rings is 1. The number of nitrogens with zero attached hydrogens (tertiary/aromatic N) is 2. The van der Waals surface area contributed by atoms with Crippen LogP contribution in [0.4, 0.5) is 0 Å². The van der Waals surface area contributed by atoms with Crippen LogP contribution < -0.4 is 0 Å². The van der Waals surface area contributed by atoms with Crippen LogP contribution in [0.1, 0.15) is 33.3 Å². The minimum absolute atomic E-state index is 0.125. The van der Waals surface area contributed by atoms with E-state index in [-0.39, 0.29) is 17.9 Å². The van der Waals surface area contributed by atoms with Crippen molar-refractivity contribution in [1.29, 1.82) is 0 Å². The van der Waals surface area contributed by atoms with Gasteiger partial charge in [0.2, 0.25) is 0 Å². The standard InChI is InChI=1S/C23H20N2O3S/c1-14-6-8-16(9-7-14)20(26)18-19(22-15(2)10-12-29-22)25(23(28)21(18)27)13-17-5-3-4-11-24-17/h3-12,19,26H,13H2,1-2H3/b20-18-. The van der Waals surface area contributed by atoms with Gasteiger partial charge in [0.05, 0.1) is 17.8 Å². The number of thiophene rings is 1. The van der Waals surface area contributed by atoms with Crippen molar-refractivity contribution in [3.8, 4) is 0 Å². The van der Waals surface area contributed by atoms with Crippen molar-refractivity contribution in [3.63, 3.8) is 0 Å². The van der Waals surface area contributed by atoms with E-state index in [0.29, 0.717) is 11.3 Å². The van der Waals surface area contributed by atoms with Gasteiger partial charge in [-0.1, -0.05) is 35.9 Å². The molecule has 0 aliphatic carbocycles. The molecule has 3 aromatic rings. The van der Waals surface area contributed by atoms with Crippen molar-refractivity contribution >= 4 is 28.8 Å². The maximum Gasteiger partial charge on any atom is 0.296 e. The maximum atomic E-state index is 13.0. The first-order valence-electron chi connectivity index (χ1n) is 9.26. The smallest absolute Gasteiger partial charge is 0.296 e. The average Bonchev–Trinajstić information content (AvgIpc) is 3.25. The molecule has 1 atom stereocenters. The number of aromatic nitrogens is 1. The fraction of sp³-hybridized carbons (Fsp3) is 0.174. The number of benzene rings is 1. The Bertz CT molecular complexity index is 1100. The van der Waals surface area contributed by atoms with E-state index in [4.69, 9.17) is 0 Å². The molecule has 2 aromatic heterocycles. The number of hydrogen-bond donors (Lipinski definition) is 1. The molecule has 1 aliphatic rings. The van der Waals surface area contributed by atoms with Gasteiger partial charge in [-0.2, -0.15) is 0 Å². The molecular formula is C23H20N2O3S. The Morgan fingerprint density at radius 1 is 1.10 bits per heavy atom. The predicted octanol–water partition coefficient (Wildman–Crippen LogP) is 4.38. The van der Waals surface area contributed by atoms with E-state index in [2.05, 4.69) is 4.98 Å². The van der Waals surface area contributed by atoms with Crippen molar-refractivity contribution in [2.24, 2.45) is 0 Å². The first-order valence-corrected chi connectivity index (χ1v) is 10.1. The lowest BCUT2D eigenvalue weighted by atomic mass is 9.98. The number of rotatable bonds is 4. The van der Waals surface area contributed by atoms with Gasteiger partial charge in [-0.05, 0) is 43.0 Å². The largest absolute Gasteiger partial charge is 0.507 e. The predicted molar refractivity (Wildman–Crippen MR) is 112 cm³/mol. The Labute approximate surface area is 173 Å². The SMILES string of the molecule is Cc1ccc(/C(O)=C2/C(=O)C(=O)N(Cc3ccccn3)C2c2sccc2C)cc1. The van der Waals surface area contributed by atoms with Crippen LogP contribution in [0, 0.1) is 13.8 Å². The lowest BCUT2D eigenvalue weighted by Gasteiger charge is -2.24. The van der Waals surface area contributed by atoms with Gasteiger partial charge in [-0.15, -0.1) is 11.3 Å². The molecule has 1 saturated heterocycles. The zero-order valence-corrected chi connectivity index (χ0v) is 16.9. The third kappa shape index (κ3) is 3.47. The summed E-state index contributed by atoms with van der Waals surface area (Å²) in [6, 6.07) is 14.0. The van der Waals surface area contributed by atoms with E-state index >= 15 is 0 Å². The number of amides is 1. The van der Waals surface area contributed by atoms with Crippen LogP contribution in [0.3, 0.4) is 0 Å². The van der Waals surface area contributed by atoms with Crippen molar-refractivity contribution in [1.82, 2.24) is 9.88 Å². The number of ketones is 1. The minimum Gasteiger partial charge on any atom is -0.507 e.